The van der Waals surface area contributed by atoms with Crippen molar-refractivity contribution < 1.29 is 4.57 Å². The van der Waals surface area contributed by atoms with Crippen molar-refractivity contribution in [3.63, 3.8) is 0 Å². The summed E-state index contributed by atoms with van der Waals surface area (Å²) in [5.41, 5.74) is 5.36. The van der Waals surface area contributed by atoms with E-state index >= 15 is 0 Å². The summed E-state index contributed by atoms with van der Waals surface area (Å²) in [5, 5.41) is 0. The van der Waals surface area contributed by atoms with E-state index in [0.29, 0.717) is 5.54 Å². The SMILES string of the molecule is CC.CC.CC.CC.c1ccc2c(c1)C1CCC3CC4CCC5c6cccc[n+]6C2(C31)C45. The normalized spacial score (nSPS) is 35.0. The fourth-order valence-electron chi connectivity index (χ4n) is 8.41. The monoisotopic (exact) mass is 434 g/mol. The first-order chi connectivity index (χ1) is 15.9. The van der Waals surface area contributed by atoms with Crippen LogP contribution in [0.15, 0.2) is 48.7 Å². The van der Waals surface area contributed by atoms with Crippen LogP contribution in [0.25, 0.3) is 0 Å². The minimum Gasteiger partial charge on any atom is -0.192 e. The van der Waals surface area contributed by atoms with Crippen LogP contribution in [0.1, 0.15) is 116 Å². The van der Waals surface area contributed by atoms with Crippen molar-refractivity contribution in [1.82, 2.24) is 0 Å². The fraction of sp³-hybridized carbons (Fsp3) is 0.645. The number of nitrogens with zero attached hydrogens (tertiary/aromatic N) is 1. The van der Waals surface area contributed by atoms with Gasteiger partial charge >= 0.3 is 0 Å². The number of benzene rings is 1. The van der Waals surface area contributed by atoms with Crippen molar-refractivity contribution in [3.05, 3.63) is 65.5 Å². The van der Waals surface area contributed by atoms with Crippen LogP contribution in [0, 0.1) is 23.7 Å². The summed E-state index contributed by atoms with van der Waals surface area (Å²) in [5.74, 6) is 5.29. The number of hydrogen-bond donors (Lipinski definition) is 0. The lowest BCUT2D eigenvalue weighted by atomic mass is 9.58. The van der Waals surface area contributed by atoms with Crippen LogP contribution in [-0.2, 0) is 5.54 Å². The van der Waals surface area contributed by atoms with Crippen LogP contribution < -0.4 is 4.57 Å². The predicted molar refractivity (Wildman–Crippen MR) is 138 cm³/mol. The van der Waals surface area contributed by atoms with E-state index in [-0.39, 0.29) is 0 Å². The zero-order chi connectivity index (χ0) is 23.5. The number of aromatic nitrogens is 1. The van der Waals surface area contributed by atoms with Gasteiger partial charge in [0.15, 0.2) is 11.9 Å². The van der Waals surface area contributed by atoms with Gasteiger partial charge in [0, 0.05) is 29.5 Å². The molecule has 1 aromatic heterocycles. The molecule has 32 heavy (non-hydrogen) atoms. The number of fused-ring (bicyclic) bond motifs is 4. The van der Waals surface area contributed by atoms with E-state index in [0.717, 1.165) is 35.5 Å². The molecule has 0 N–H and O–H groups in total. The third kappa shape index (κ3) is 3.13. The van der Waals surface area contributed by atoms with Crippen molar-refractivity contribution in [2.45, 2.75) is 105 Å². The van der Waals surface area contributed by atoms with Gasteiger partial charge in [0.1, 0.15) is 0 Å². The molecule has 0 amide bonds. The first-order valence-corrected chi connectivity index (χ1v) is 14.0. The highest BCUT2D eigenvalue weighted by Gasteiger charge is 2.76. The Balaban J connectivity index is 0.000000330. The Bertz CT molecular complexity index is 797. The van der Waals surface area contributed by atoms with Crippen molar-refractivity contribution in [3.8, 4) is 0 Å². The quantitative estimate of drug-likeness (QED) is 0.366. The van der Waals surface area contributed by atoms with Gasteiger partial charge in [-0.1, -0.05) is 85.7 Å². The third-order valence-electron chi connectivity index (χ3n) is 8.66. The molecular formula is C31H48N+. The highest BCUT2D eigenvalue weighted by atomic mass is 15.1. The van der Waals surface area contributed by atoms with Gasteiger partial charge in [0.25, 0.3) is 0 Å². The average molecular weight is 435 g/mol. The summed E-state index contributed by atoms with van der Waals surface area (Å²) in [6.07, 6.45) is 9.76. The van der Waals surface area contributed by atoms with Crippen LogP contribution in [0.3, 0.4) is 0 Å². The zero-order valence-corrected chi connectivity index (χ0v) is 22.1. The highest BCUT2D eigenvalue weighted by molar-refractivity contribution is 5.47. The smallest absolute Gasteiger partial charge is 0.192 e. The zero-order valence-electron chi connectivity index (χ0n) is 22.1. The van der Waals surface area contributed by atoms with Crippen LogP contribution in [0.5, 0.6) is 0 Å². The largest absolute Gasteiger partial charge is 0.201 e. The van der Waals surface area contributed by atoms with E-state index in [1.165, 1.54) is 32.1 Å². The maximum Gasteiger partial charge on any atom is 0.201 e. The van der Waals surface area contributed by atoms with Gasteiger partial charge in [-0.25, -0.2) is 0 Å². The van der Waals surface area contributed by atoms with E-state index < -0.39 is 0 Å². The second-order valence-corrected chi connectivity index (χ2v) is 9.08. The van der Waals surface area contributed by atoms with Crippen molar-refractivity contribution in [2.75, 3.05) is 0 Å². The van der Waals surface area contributed by atoms with Crippen LogP contribution in [-0.4, -0.2) is 0 Å². The van der Waals surface area contributed by atoms with Gasteiger partial charge in [-0.05, 0) is 55.4 Å². The molecule has 1 heteroatoms. The van der Waals surface area contributed by atoms with Gasteiger partial charge < -0.3 is 0 Å². The summed E-state index contributed by atoms with van der Waals surface area (Å²) < 4.78 is 2.79. The Morgan fingerprint density at radius 3 is 1.91 bits per heavy atom. The number of pyridine rings is 1. The molecule has 7 unspecified atom stereocenters. The Hall–Kier alpha value is -1.63. The molecule has 0 radical (unpaired) electrons. The molecule has 1 aliphatic heterocycles. The first-order valence-electron chi connectivity index (χ1n) is 14.0. The first kappa shape index (κ1) is 25.0. The Kier molecular flexibility index (Phi) is 8.23. The molecule has 1 spiro atoms. The highest BCUT2D eigenvalue weighted by Crippen LogP contribution is 2.72. The third-order valence-corrected chi connectivity index (χ3v) is 8.66. The van der Waals surface area contributed by atoms with E-state index in [9.17, 15) is 0 Å². The lowest BCUT2D eigenvalue weighted by Gasteiger charge is -2.44. The van der Waals surface area contributed by atoms with Crippen LogP contribution >= 0.6 is 0 Å². The van der Waals surface area contributed by atoms with E-state index in [4.69, 9.17) is 0 Å². The van der Waals surface area contributed by atoms with Gasteiger partial charge in [-0.3, -0.25) is 0 Å². The van der Waals surface area contributed by atoms with Crippen LogP contribution in [0.4, 0.5) is 0 Å². The molecule has 2 heterocycles. The minimum absolute atomic E-state index is 0.295. The minimum atomic E-state index is 0.295. The van der Waals surface area contributed by atoms with Crippen molar-refractivity contribution >= 4 is 0 Å². The fourth-order valence-corrected chi connectivity index (χ4v) is 8.41. The second kappa shape index (κ2) is 10.5. The van der Waals surface area contributed by atoms with Gasteiger partial charge in [-0.15, -0.1) is 0 Å². The van der Waals surface area contributed by atoms with E-state index in [1.54, 1.807) is 16.8 Å². The van der Waals surface area contributed by atoms with E-state index in [1.807, 2.05) is 55.4 Å². The Morgan fingerprint density at radius 1 is 0.656 bits per heavy atom. The molecule has 1 nitrogen and oxygen atoms in total. The molecular weight excluding hydrogens is 386 g/mol. The summed E-state index contributed by atoms with van der Waals surface area (Å²) in [4.78, 5) is 0. The summed E-state index contributed by atoms with van der Waals surface area (Å²) in [6.45, 7) is 16.0. The maximum atomic E-state index is 2.79. The topological polar surface area (TPSA) is 3.88 Å². The summed E-state index contributed by atoms with van der Waals surface area (Å²) in [7, 11) is 0. The molecule has 3 fully saturated rings. The van der Waals surface area contributed by atoms with Gasteiger partial charge in [0.05, 0.1) is 5.92 Å². The molecule has 176 valence electrons. The molecule has 4 aliphatic carbocycles. The molecule has 3 saturated carbocycles. The van der Waals surface area contributed by atoms with Gasteiger partial charge in [0.2, 0.25) is 5.54 Å². The second-order valence-electron chi connectivity index (χ2n) is 9.08. The number of hydrogen-bond acceptors (Lipinski definition) is 0. The van der Waals surface area contributed by atoms with Gasteiger partial charge in [-0.2, -0.15) is 4.57 Å². The van der Waals surface area contributed by atoms with Crippen molar-refractivity contribution in [1.29, 1.82) is 0 Å². The Labute approximate surface area is 198 Å². The molecule has 0 bridgehead atoms. The standard InChI is InChI=1S/C23H24N.4C2H6/c1-2-6-19-16(5-1)17-10-8-14-13-15-9-11-18-20-7-3-4-12-24(20)23(19,21(14)17)22(15)18;4*1-2/h1-7,12,14-15,17-18,21-22H,8-11,13H2;4*1-2H3/q+1;;;;. The lowest BCUT2D eigenvalue weighted by Crippen LogP contribution is -2.64. The predicted octanol–water partition coefficient (Wildman–Crippen LogP) is 8.47. The summed E-state index contributed by atoms with van der Waals surface area (Å²) >= 11 is 0. The molecule has 7 rings (SSSR count). The average Bonchev–Trinajstić information content (AvgIpc) is 3.65. The Morgan fingerprint density at radius 2 is 1.22 bits per heavy atom. The molecule has 1 aromatic carbocycles. The summed E-state index contributed by atoms with van der Waals surface area (Å²) in [6, 6.07) is 16.6. The molecule has 5 aliphatic rings. The molecule has 2 aromatic rings. The lowest BCUT2D eigenvalue weighted by molar-refractivity contribution is -0.763. The van der Waals surface area contributed by atoms with Crippen molar-refractivity contribution in [2.24, 2.45) is 23.7 Å². The maximum absolute atomic E-state index is 2.79. The number of rotatable bonds is 0. The molecule has 0 saturated heterocycles. The van der Waals surface area contributed by atoms with E-state index in [2.05, 4.69) is 53.2 Å². The molecule has 7 atom stereocenters. The van der Waals surface area contributed by atoms with Crippen LogP contribution in [0.2, 0.25) is 0 Å².